The minimum atomic E-state index is -3.14. The van der Waals surface area contributed by atoms with E-state index in [0.717, 1.165) is 6.26 Å². The molecule has 1 rings (SSSR count). The summed E-state index contributed by atoms with van der Waals surface area (Å²) in [5, 5.41) is 0. The lowest BCUT2D eigenvalue weighted by Crippen LogP contribution is -2.32. The quantitative estimate of drug-likeness (QED) is 0.616. The lowest BCUT2D eigenvalue weighted by molar-refractivity contribution is 0.0993. The largest absolute Gasteiger partial charge is 0.476 e. The van der Waals surface area contributed by atoms with E-state index in [9.17, 15) is 8.42 Å². The summed E-state index contributed by atoms with van der Waals surface area (Å²) in [7, 11) is -3.14. The van der Waals surface area contributed by atoms with Gasteiger partial charge in [0.1, 0.15) is 6.26 Å². The molecule has 0 aromatic carbocycles. The molecular formula is C6H11NO3S. The Labute approximate surface area is 66.5 Å². The van der Waals surface area contributed by atoms with Crippen LogP contribution in [0.4, 0.5) is 0 Å². The van der Waals surface area contributed by atoms with Gasteiger partial charge in [-0.15, -0.1) is 0 Å². The Morgan fingerprint density at radius 1 is 1.64 bits per heavy atom. The van der Waals surface area contributed by atoms with E-state index in [0.29, 0.717) is 6.42 Å². The molecule has 0 saturated heterocycles. The summed E-state index contributed by atoms with van der Waals surface area (Å²) in [5.41, 5.74) is 0. The molecule has 0 aromatic heterocycles. The van der Waals surface area contributed by atoms with Crippen molar-refractivity contribution in [2.45, 2.75) is 19.6 Å². The summed E-state index contributed by atoms with van der Waals surface area (Å²) < 4.78 is 28.2. The summed E-state index contributed by atoms with van der Waals surface area (Å²) in [6, 6.07) is 0. The zero-order valence-corrected chi connectivity index (χ0v) is 7.34. The fraction of sp³-hybridized carbons (Fsp3) is 0.667. The Balaban J connectivity index is 2.80. The van der Waals surface area contributed by atoms with Crippen molar-refractivity contribution in [1.29, 1.82) is 0 Å². The van der Waals surface area contributed by atoms with Gasteiger partial charge in [-0.25, -0.2) is 12.7 Å². The molecule has 0 bridgehead atoms. The van der Waals surface area contributed by atoms with Crippen molar-refractivity contribution in [2.75, 3.05) is 6.26 Å². The fourth-order valence-electron chi connectivity index (χ4n) is 0.942. The molecule has 0 saturated carbocycles. The third-order valence-corrected chi connectivity index (χ3v) is 2.58. The summed E-state index contributed by atoms with van der Waals surface area (Å²) in [4.78, 5) is 0. The summed E-state index contributed by atoms with van der Waals surface area (Å²) >= 11 is 0. The Kier molecular flexibility index (Phi) is 2.08. The van der Waals surface area contributed by atoms with Gasteiger partial charge in [0.15, 0.2) is 6.23 Å². The standard InChI is InChI=1S/C6H11NO3S/c1-3-6-7(4-5-10-6)11(2,8)9/h4-6H,3H2,1-2H3. The van der Waals surface area contributed by atoms with Gasteiger partial charge in [0, 0.05) is 6.42 Å². The SMILES string of the molecule is CCC1OC=CN1S(C)(=O)=O. The first-order valence-corrected chi connectivity index (χ1v) is 5.21. The van der Waals surface area contributed by atoms with Crippen LogP contribution in [-0.2, 0) is 14.8 Å². The molecule has 0 aliphatic carbocycles. The van der Waals surface area contributed by atoms with Crippen LogP contribution in [0.15, 0.2) is 12.5 Å². The second kappa shape index (κ2) is 2.73. The van der Waals surface area contributed by atoms with Crippen LogP contribution in [0.25, 0.3) is 0 Å². The molecule has 5 heteroatoms. The van der Waals surface area contributed by atoms with Gasteiger partial charge in [0.05, 0.1) is 12.5 Å². The zero-order chi connectivity index (χ0) is 8.48. The van der Waals surface area contributed by atoms with Crippen LogP contribution in [0, 0.1) is 0 Å². The van der Waals surface area contributed by atoms with Crippen LogP contribution >= 0.6 is 0 Å². The van der Waals surface area contributed by atoms with Crippen LogP contribution in [-0.4, -0.2) is 25.2 Å². The van der Waals surface area contributed by atoms with E-state index in [4.69, 9.17) is 4.74 Å². The Morgan fingerprint density at radius 3 is 2.64 bits per heavy atom. The van der Waals surface area contributed by atoms with Gasteiger partial charge in [0.2, 0.25) is 10.0 Å². The van der Waals surface area contributed by atoms with Gasteiger partial charge >= 0.3 is 0 Å². The Morgan fingerprint density at radius 2 is 2.27 bits per heavy atom. The minimum absolute atomic E-state index is 0.343. The van der Waals surface area contributed by atoms with E-state index in [-0.39, 0.29) is 6.23 Å². The second-order valence-electron chi connectivity index (χ2n) is 2.38. The first-order chi connectivity index (χ1) is 5.05. The highest BCUT2D eigenvalue weighted by Crippen LogP contribution is 2.17. The van der Waals surface area contributed by atoms with Crippen LogP contribution in [0.1, 0.15) is 13.3 Å². The predicted molar refractivity (Wildman–Crippen MR) is 41.0 cm³/mol. The molecule has 1 aliphatic heterocycles. The third-order valence-electron chi connectivity index (χ3n) is 1.46. The van der Waals surface area contributed by atoms with E-state index in [1.54, 1.807) is 0 Å². The molecule has 0 amide bonds. The molecule has 0 spiro atoms. The molecule has 1 heterocycles. The van der Waals surface area contributed by atoms with Gasteiger partial charge in [-0.1, -0.05) is 6.92 Å². The van der Waals surface area contributed by atoms with Crippen LogP contribution in [0.2, 0.25) is 0 Å². The van der Waals surface area contributed by atoms with Crippen LogP contribution in [0.5, 0.6) is 0 Å². The van der Waals surface area contributed by atoms with Gasteiger partial charge in [-0.2, -0.15) is 0 Å². The second-order valence-corrected chi connectivity index (χ2v) is 4.26. The van der Waals surface area contributed by atoms with Crippen molar-refractivity contribution in [3.05, 3.63) is 12.5 Å². The normalized spacial score (nSPS) is 23.8. The maximum Gasteiger partial charge on any atom is 0.234 e. The highest BCUT2D eigenvalue weighted by atomic mass is 32.2. The first kappa shape index (κ1) is 8.39. The molecule has 0 fully saturated rings. The topological polar surface area (TPSA) is 46.6 Å². The first-order valence-electron chi connectivity index (χ1n) is 3.36. The molecule has 0 radical (unpaired) electrons. The Bertz CT molecular complexity index is 257. The van der Waals surface area contributed by atoms with Gasteiger partial charge < -0.3 is 4.74 Å². The Hall–Kier alpha value is -0.710. The third kappa shape index (κ3) is 1.65. The summed E-state index contributed by atoms with van der Waals surface area (Å²) in [6.45, 7) is 1.87. The molecule has 1 aliphatic rings. The highest BCUT2D eigenvalue weighted by molar-refractivity contribution is 7.88. The van der Waals surface area contributed by atoms with E-state index in [2.05, 4.69) is 0 Å². The monoisotopic (exact) mass is 177 g/mol. The summed E-state index contributed by atoms with van der Waals surface area (Å²) in [5.74, 6) is 0. The van der Waals surface area contributed by atoms with Crippen LogP contribution in [0.3, 0.4) is 0 Å². The van der Waals surface area contributed by atoms with Crippen molar-refractivity contribution >= 4 is 10.0 Å². The average Bonchev–Trinajstić information content (AvgIpc) is 2.31. The van der Waals surface area contributed by atoms with Gasteiger partial charge in [-0.05, 0) is 0 Å². The molecule has 64 valence electrons. The van der Waals surface area contributed by atoms with E-state index < -0.39 is 10.0 Å². The number of ether oxygens (including phenoxy) is 1. The van der Waals surface area contributed by atoms with Crippen LogP contribution < -0.4 is 0 Å². The van der Waals surface area contributed by atoms with Crippen molar-refractivity contribution in [3.63, 3.8) is 0 Å². The van der Waals surface area contributed by atoms with E-state index >= 15 is 0 Å². The van der Waals surface area contributed by atoms with Crippen molar-refractivity contribution in [2.24, 2.45) is 0 Å². The molecule has 11 heavy (non-hydrogen) atoms. The molecule has 0 N–H and O–H groups in total. The highest BCUT2D eigenvalue weighted by Gasteiger charge is 2.25. The smallest absolute Gasteiger partial charge is 0.234 e. The van der Waals surface area contributed by atoms with E-state index in [1.165, 1.54) is 16.8 Å². The molecule has 4 nitrogen and oxygen atoms in total. The molecule has 1 unspecified atom stereocenters. The van der Waals surface area contributed by atoms with Gasteiger partial charge in [0.25, 0.3) is 0 Å². The number of hydrogen-bond acceptors (Lipinski definition) is 3. The zero-order valence-electron chi connectivity index (χ0n) is 6.52. The number of sulfonamides is 1. The number of hydrogen-bond donors (Lipinski definition) is 0. The number of rotatable bonds is 2. The van der Waals surface area contributed by atoms with E-state index in [1.807, 2.05) is 6.92 Å². The predicted octanol–water partition coefficient (Wildman–Crippen LogP) is 0.486. The van der Waals surface area contributed by atoms with Crippen molar-refractivity contribution < 1.29 is 13.2 Å². The fourth-order valence-corrected chi connectivity index (χ4v) is 1.84. The molecular weight excluding hydrogens is 166 g/mol. The van der Waals surface area contributed by atoms with Crippen molar-refractivity contribution in [1.82, 2.24) is 4.31 Å². The molecule has 0 aromatic rings. The lowest BCUT2D eigenvalue weighted by Gasteiger charge is -2.19. The maximum absolute atomic E-state index is 11.0. The minimum Gasteiger partial charge on any atom is -0.476 e. The molecule has 1 atom stereocenters. The van der Waals surface area contributed by atoms with Gasteiger partial charge in [-0.3, -0.25) is 0 Å². The lowest BCUT2D eigenvalue weighted by atomic mass is 10.4. The van der Waals surface area contributed by atoms with Crippen molar-refractivity contribution in [3.8, 4) is 0 Å². The summed E-state index contributed by atoms with van der Waals surface area (Å²) in [6.07, 6.45) is 4.30. The average molecular weight is 177 g/mol. The maximum atomic E-state index is 11.0. The number of nitrogens with zero attached hydrogens (tertiary/aromatic N) is 1.